The van der Waals surface area contributed by atoms with Crippen molar-refractivity contribution in [1.82, 2.24) is 0 Å². The molecule has 0 fully saturated rings. The molecule has 0 radical (unpaired) electrons. The molecule has 1 aliphatic rings. The fraction of sp³-hybridized carbons (Fsp3) is 0.600. The van der Waals surface area contributed by atoms with Gasteiger partial charge in [-0.2, -0.15) is 9.69 Å². The molecule has 0 amide bonds. The minimum atomic E-state index is -2.32. The Morgan fingerprint density at radius 3 is 2.20 bits per heavy atom. The molecule has 3 atom stereocenters. The Morgan fingerprint density at radius 1 is 1.47 bits per heavy atom. The van der Waals surface area contributed by atoms with E-state index in [1.165, 1.54) is 0 Å². The summed E-state index contributed by atoms with van der Waals surface area (Å²) in [4.78, 5) is 19.5. The number of hydrogen-bond donors (Lipinski definition) is 4. The summed E-state index contributed by atoms with van der Waals surface area (Å²) in [6, 6.07) is 0. The van der Waals surface area contributed by atoms with Gasteiger partial charge in [0.2, 0.25) is 6.10 Å². The van der Waals surface area contributed by atoms with Gasteiger partial charge in [0, 0.05) is 0 Å². The second-order valence-electron chi connectivity index (χ2n) is 2.22. The van der Waals surface area contributed by atoms with Crippen molar-refractivity contribution < 1.29 is 123 Å². The second-order valence-corrected chi connectivity index (χ2v) is 3.67. The fourth-order valence-corrected chi connectivity index (χ4v) is 1.64. The molecule has 1 aliphatic heterocycles. The van der Waals surface area contributed by atoms with Crippen LogP contribution in [0.15, 0.2) is 0 Å². The zero-order valence-electron chi connectivity index (χ0n) is 11.9. The number of rotatable bonds is 2. The van der Waals surface area contributed by atoms with E-state index >= 15 is 0 Å². The number of hydrogen-bond acceptors (Lipinski definition) is 5. The molecule has 0 saturated carbocycles. The zero-order chi connectivity index (χ0) is 9.30. The third kappa shape index (κ3) is 5.77. The first-order valence-electron chi connectivity index (χ1n) is 3.12. The first-order valence-corrected chi connectivity index (χ1v) is 4.41. The van der Waals surface area contributed by atoms with E-state index in [1.807, 2.05) is 0 Å². The van der Waals surface area contributed by atoms with E-state index in [2.05, 4.69) is 4.74 Å². The van der Waals surface area contributed by atoms with Crippen LogP contribution in [-0.4, -0.2) is 50.2 Å². The molecule has 1 rings (SSSR count). The van der Waals surface area contributed by atoms with E-state index in [4.69, 9.17) is 20.2 Å². The van der Waals surface area contributed by atoms with E-state index in [0.29, 0.717) is 0 Å². The van der Waals surface area contributed by atoms with E-state index in [9.17, 15) is 4.79 Å². The normalized spacial score (nSPS) is 23.2. The maximum atomic E-state index is 10.6. The average molecular weight is 267 g/mol. The number of aliphatic hydroxyl groups excluding tert-OH is 3. The van der Waals surface area contributed by atoms with Crippen molar-refractivity contribution in [2.24, 2.45) is 0 Å². The quantitative estimate of drug-likeness (QED) is 0.292. The summed E-state index contributed by atoms with van der Waals surface area (Å²) in [5.41, 5.74) is -1.56. The predicted octanol–water partition coefficient (Wildman–Crippen LogP) is -9.90. The fourth-order valence-electron chi connectivity index (χ4n) is 0.772. The SMILES string of the molecule is O=C1O[C@H]([C@@H](O)CO)C(O)=[P+]1O.[H-].[H-].[H-].[Na+].[Na+].[Na+]. The first kappa shape index (κ1) is 22.6. The Balaban J connectivity index is -0.0000000600. The Bertz CT molecular complexity index is 259. The molecule has 1 unspecified atom stereocenters. The standard InChI is InChI=1S/C5H7O6P.3Na.3H/c6-1-2(7)3-4(8)12(10)5(9)11-3;;;;;;/h2-3,6-7H,1H2,(H-,8,9,10);;;;;;/q;3*+1;3*-1/p+1/t2-,3+;;;;;;/m0....../s1. The topological polar surface area (TPSA) is 107 Å². The Labute approximate surface area is 158 Å². The Hall–Kier alpha value is 2.48. The van der Waals surface area contributed by atoms with Gasteiger partial charge in [-0.1, -0.05) is 0 Å². The molecule has 10 heteroatoms. The van der Waals surface area contributed by atoms with Crippen LogP contribution in [0.2, 0.25) is 0 Å². The second kappa shape index (κ2) is 10.4. The molecule has 0 aromatic carbocycles. The van der Waals surface area contributed by atoms with Crippen LogP contribution in [-0.2, 0) is 4.74 Å². The molecule has 6 nitrogen and oxygen atoms in total. The van der Waals surface area contributed by atoms with Crippen LogP contribution in [0.5, 0.6) is 0 Å². The summed E-state index contributed by atoms with van der Waals surface area (Å²) in [5.74, 6) is 0. The predicted molar refractivity (Wildman–Crippen MR) is 42.8 cm³/mol. The van der Waals surface area contributed by atoms with Gasteiger partial charge in [-0.15, -0.1) is 0 Å². The molecule has 0 saturated heterocycles. The van der Waals surface area contributed by atoms with Crippen LogP contribution in [0.3, 0.4) is 0 Å². The van der Waals surface area contributed by atoms with Crippen molar-refractivity contribution >= 4 is 19.0 Å². The summed E-state index contributed by atoms with van der Waals surface area (Å²) < 4.78 is 4.38. The van der Waals surface area contributed by atoms with E-state index in [0.717, 1.165) is 0 Å². The summed E-state index contributed by atoms with van der Waals surface area (Å²) in [5, 5.41) is 26.4. The molecule has 0 bridgehead atoms. The molecule has 0 aromatic rings. The number of ether oxygens (including phenoxy) is 1. The Morgan fingerprint density at radius 2 is 1.93 bits per heavy atom. The van der Waals surface area contributed by atoms with Gasteiger partial charge in [0.15, 0.2) is 0 Å². The molecule has 0 aromatic heterocycles. The number of cyclic esters (lactones) is 1. The van der Waals surface area contributed by atoms with Crippen LogP contribution in [0.25, 0.3) is 0 Å². The average Bonchev–Trinajstić information content (AvgIpc) is 2.32. The molecule has 4 N–H and O–H groups in total. The largest absolute Gasteiger partial charge is 1.00 e. The monoisotopic (exact) mass is 267 g/mol. The van der Waals surface area contributed by atoms with Crippen LogP contribution in [0, 0.1) is 0 Å². The molecule has 0 spiro atoms. The molecule has 0 aliphatic carbocycles. The number of aliphatic hydroxyl groups is 3. The summed E-state index contributed by atoms with van der Waals surface area (Å²) in [6.07, 6.45) is -2.67. The molecule has 15 heavy (non-hydrogen) atoms. The maximum absolute atomic E-state index is 10.6. The molecular formula is C5H11Na3O6P+. The third-order valence-corrected chi connectivity index (χ3v) is 2.55. The van der Waals surface area contributed by atoms with Crippen LogP contribution in [0.1, 0.15) is 4.28 Å². The van der Waals surface area contributed by atoms with Crippen LogP contribution in [0.4, 0.5) is 4.79 Å². The van der Waals surface area contributed by atoms with Crippen molar-refractivity contribution in [2.45, 2.75) is 12.2 Å². The van der Waals surface area contributed by atoms with Crippen LogP contribution >= 0.6 is 7.77 Å². The molecule has 1 heterocycles. The first-order chi connectivity index (χ1) is 5.57. The van der Waals surface area contributed by atoms with Gasteiger partial charge in [-0.25, -0.2) is 0 Å². The van der Waals surface area contributed by atoms with E-state index in [1.54, 1.807) is 0 Å². The summed E-state index contributed by atoms with van der Waals surface area (Å²) >= 11 is 0. The number of carbonyl (C=O) groups is 1. The third-order valence-electron chi connectivity index (χ3n) is 1.41. The van der Waals surface area contributed by atoms with Crippen molar-refractivity contribution in [3.05, 3.63) is 0 Å². The molecular weight excluding hydrogens is 256 g/mol. The minimum absolute atomic E-state index is 0. The Kier molecular flexibility index (Phi) is 15.7. The maximum Gasteiger partial charge on any atom is 1.00 e. The van der Waals surface area contributed by atoms with Crippen molar-refractivity contribution in [1.29, 1.82) is 0 Å². The van der Waals surface area contributed by atoms with Crippen molar-refractivity contribution in [3.63, 3.8) is 0 Å². The van der Waals surface area contributed by atoms with Crippen LogP contribution < -0.4 is 88.7 Å². The number of carbonyl (C=O) groups excluding carboxylic acids is 1. The minimum Gasteiger partial charge on any atom is -1.00 e. The van der Waals surface area contributed by atoms with Crippen molar-refractivity contribution in [2.75, 3.05) is 6.61 Å². The summed E-state index contributed by atoms with van der Waals surface area (Å²) in [6.45, 7) is -0.648. The van der Waals surface area contributed by atoms with Gasteiger partial charge < -0.3 is 24.3 Å². The van der Waals surface area contributed by atoms with Crippen molar-refractivity contribution in [3.8, 4) is 0 Å². The summed E-state index contributed by atoms with van der Waals surface area (Å²) in [7, 11) is -2.32. The van der Waals surface area contributed by atoms with Gasteiger partial charge in [0.25, 0.3) is 0 Å². The van der Waals surface area contributed by atoms with Gasteiger partial charge in [-0.05, 0) is 0 Å². The van der Waals surface area contributed by atoms with E-state index < -0.39 is 37.8 Å². The smallest absolute Gasteiger partial charge is 1.00 e. The van der Waals surface area contributed by atoms with E-state index in [-0.39, 0.29) is 93.0 Å². The van der Waals surface area contributed by atoms with Gasteiger partial charge >= 0.3 is 108 Å². The van der Waals surface area contributed by atoms with Gasteiger partial charge in [0.05, 0.1) is 6.61 Å². The molecule has 74 valence electrons. The van der Waals surface area contributed by atoms with Gasteiger partial charge in [0.1, 0.15) is 6.10 Å². The van der Waals surface area contributed by atoms with Gasteiger partial charge in [-0.3, -0.25) is 0 Å². The zero-order valence-corrected chi connectivity index (χ0v) is 15.8.